The average Bonchev–Trinajstić information content (AvgIpc) is 3.06. The van der Waals surface area contributed by atoms with Crippen molar-refractivity contribution in [1.82, 2.24) is 9.80 Å². The number of carbonyl (C=O) groups excluding carboxylic acids is 1. The van der Waals surface area contributed by atoms with Gasteiger partial charge in [-0.2, -0.15) is 0 Å². The van der Waals surface area contributed by atoms with E-state index in [1.807, 2.05) is 4.90 Å². The van der Waals surface area contributed by atoms with Gasteiger partial charge in [0.05, 0.1) is 0 Å². The Morgan fingerprint density at radius 3 is 2.03 bits per heavy atom. The van der Waals surface area contributed by atoms with Crippen LogP contribution in [-0.4, -0.2) is 52.2 Å². The van der Waals surface area contributed by atoms with Crippen LogP contribution in [0.5, 0.6) is 0 Å². The summed E-state index contributed by atoms with van der Waals surface area (Å²) in [6.45, 7) is 29.3. The van der Waals surface area contributed by atoms with E-state index in [-0.39, 0.29) is 33.6 Å². The van der Waals surface area contributed by atoms with Crippen LogP contribution in [0.1, 0.15) is 134 Å². The Hall–Kier alpha value is -0.610. The number of hydrogen-bond acceptors (Lipinski definition) is 3. The van der Waals surface area contributed by atoms with Gasteiger partial charge in [-0.25, -0.2) is 0 Å². The number of rotatable bonds is 11. The van der Waals surface area contributed by atoms with Crippen molar-refractivity contribution in [2.45, 2.75) is 146 Å². The molecule has 1 saturated carbocycles. The van der Waals surface area contributed by atoms with Crippen molar-refractivity contribution in [3.8, 4) is 0 Å². The highest BCUT2D eigenvalue weighted by molar-refractivity contribution is 5.82. The van der Waals surface area contributed by atoms with E-state index in [2.05, 4.69) is 81.1 Å². The summed E-state index contributed by atoms with van der Waals surface area (Å²) in [4.78, 5) is 18.3. The summed E-state index contributed by atoms with van der Waals surface area (Å²) in [6.07, 6.45) is 9.31. The van der Waals surface area contributed by atoms with Crippen LogP contribution in [-0.2, 0) is 4.79 Å². The van der Waals surface area contributed by atoms with Crippen LogP contribution < -0.4 is 0 Å². The molecule has 0 bridgehead atoms. The first-order chi connectivity index (χ1) is 16.2. The second-order valence-corrected chi connectivity index (χ2v) is 16.6. The van der Waals surface area contributed by atoms with Gasteiger partial charge in [0.2, 0.25) is 5.91 Å². The summed E-state index contributed by atoms with van der Waals surface area (Å²) in [7, 11) is 0. The molecule has 4 nitrogen and oxygen atoms in total. The predicted molar refractivity (Wildman–Crippen MR) is 152 cm³/mol. The zero-order valence-corrected chi connectivity index (χ0v) is 25.9. The molecule has 4 heteroatoms. The van der Waals surface area contributed by atoms with Crippen molar-refractivity contribution in [3.05, 3.63) is 0 Å². The monoisotopic (exact) mass is 504 g/mol. The van der Waals surface area contributed by atoms with Gasteiger partial charge in [0.15, 0.2) is 0 Å². The molecule has 0 aromatic carbocycles. The van der Waals surface area contributed by atoms with Gasteiger partial charge in [0.1, 0.15) is 6.23 Å². The van der Waals surface area contributed by atoms with Crippen molar-refractivity contribution in [2.24, 2.45) is 33.0 Å². The lowest BCUT2D eigenvalue weighted by Gasteiger charge is -2.41. The van der Waals surface area contributed by atoms with E-state index in [0.717, 1.165) is 19.3 Å². The molecule has 210 valence electrons. The van der Waals surface area contributed by atoms with Crippen LogP contribution in [0.4, 0.5) is 0 Å². The molecule has 0 radical (unpaired) electrons. The predicted octanol–water partition coefficient (Wildman–Crippen LogP) is 7.49. The smallest absolute Gasteiger partial charge is 0.228 e. The number of carbonyl (C=O) groups is 1. The van der Waals surface area contributed by atoms with Gasteiger partial charge in [0.25, 0.3) is 0 Å². The zero-order valence-electron chi connectivity index (χ0n) is 25.9. The quantitative estimate of drug-likeness (QED) is 0.317. The molecule has 3 rings (SSSR count). The number of hydrogen-bond donors (Lipinski definition) is 1. The van der Waals surface area contributed by atoms with E-state index in [4.69, 9.17) is 0 Å². The molecule has 2 aliphatic heterocycles. The fraction of sp³-hybridized carbons (Fsp3) is 0.969. The first-order valence-electron chi connectivity index (χ1n) is 15.0. The topological polar surface area (TPSA) is 43.8 Å². The normalized spacial score (nSPS) is 32.6. The molecule has 0 spiro atoms. The van der Waals surface area contributed by atoms with Crippen molar-refractivity contribution in [1.29, 1.82) is 0 Å². The van der Waals surface area contributed by atoms with Crippen molar-refractivity contribution in [3.63, 3.8) is 0 Å². The molecule has 1 aliphatic carbocycles. The Kier molecular flexibility index (Phi) is 8.19. The van der Waals surface area contributed by atoms with E-state index >= 15 is 0 Å². The number of nitrogens with zero attached hydrogens (tertiary/aromatic N) is 2. The van der Waals surface area contributed by atoms with Crippen molar-refractivity contribution < 1.29 is 9.90 Å². The fourth-order valence-electron chi connectivity index (χ4n) is 8.09. The van der Waals surface area contributed by atoms with E-state index in [9.17, 15) is 9.90 Å². The molecule has 1 N–H and O–H groups in total. The molecule has 0 aromatic rings. The van der Waals surface area contributed by atoms with Gasteiger partial charge in [-0.15, -0.1) is 0 Å². The van der Waals surface area contributed by atoms with E-state index in [0.29, 0.717) is 17.3 Å². The third-order valence-electron chi connectivity index (χ3n) is 11.3. The van der Waals surface area contributed by atoms with Crippen LogP contribution in [0, 0.1) is 33.0 Å². The molecule has 36 heavy (non-hydrogen) atoms. The summed E-state index contributed by atoms with van der Waals surface area (Å²) in [6, 6.07) is 0. The number of aliphatic hydroxyl groups excluding tert-OH is 1. The molecule has 0 aromatic heterocycles. The highest BCUT2D eigenvalue weighted by atomic mass is 16.3. The summed E-state index contributed by atoms with van der Waals surface area (Å²) in [5.74, 6) is 0.0674. The fourth-order valence-corrected chi connectivity index (χ4v) is 8.09. The minimum atomic E-state index is -0.666. The van der Waals surface area contributed by atoms with Crippen LogP contribution in [0.3, 0.4) is 0 Å². The summed E-state index contributed by atoms with van der Waals surface area (Å²) >= 11 is 0. The third kappa shape index (κ3) is 6.00. The number of aliphatic hydroxyl groups is 1. The van der Waals surface area contributed by atoms with E-state index < -0.39 is 6.23 Å². The lowest BCUT2D eigenvalue weighted by Crippen LogP contribution is -2.50. The molecule has 1 amide bonds. The number of amides is 1. The van der Waals surface area contributed by atoms with E-state index in [1.54, 1.807) is 0 Å². The zero-order chi connectivity index (χ0) is 27.4. The summed E-state index contributed by atoms with van der Waals surface area (Å²) < 4.78 is 0. The Morgan fingerprint density at radius 1 is 0.917 bits per heavy atom. The molecule has 3 fully saturated rings. The molecular formula is C32H60N2O2. The van der Waals surface area contributed by atoms with Crippen LogP contribution in [0.25, 0.3) is 0 Å². The van der Waals surface area contributed by atoms with Gasteiger partial charge >= 0.3 is 0 Å². The SMILES string of the molecule is CC(C)(CCCC(C)(C)N1C(=O)C(C(C)(C)CC2(C)CC2(C)C(C)(C)C)CC1O)CCN1CCCC1. The average molecular weight is 505 g/mol. The van der Waals surface area contributed by atoms with Crippen LogP contribution in [0.15, 0.2) is 0 Å². The minimum absolute atomic E-state index is 0.106. The van der Waals surface area contributed by atoms with E-state index in [1.165, 1.54) is 51.7 Å². The van der Waals surface area contributed by atoms with Gasteiger partial charge in [-0.3, -0.25) is 4.79 Å². The molecule has 2 saturated heterocycles. The first kappa shape index (κ1) is 29.9. The largest absolute Gasteiger partial charge is 0.373 e. The molecule has 4 atom stereocenters. The summed E-state index contributed by atoms with van der Waals surface area (Å²) in [5, 5.41) is 11.1. The minimum Gasteiger partial charge on any atom is -0.373 e. The molecule has 3 aliphatic rings. The van der Waals surface area contributed by atoms with Crippen LogP contribution >= 0.6 is 0 Å². The summed E-state index contributed by atoms with van der Waals surface area (Å²) in [5.41, 5.74) is 0.680. The van der Waals surface area contributed by atoms with Gasteiger partial charge in [0, 0.05) is 17.9 Å². The van der Waals surface area contributed by atoms with Crippen molar-refractivity contribution in [2.75, 3.05) is 19.6 Å². The molecule has 4 unspecified atom stereocenters. The lowest BCUT2D eigenvalue weighted by molar-refractivity contribution is -0.146. The van der Waals surface area contributed by atoms with Crippen LogP contribution in [0.2, 0.25) is 0 Å². The lowest BCUT2D eigenvalue weighted by atomic mass is 9.66. The number of likely N-dealkylation sites (tertiary alicyclic amines) is 2. The maximum atomic E-state index is 13.8. The van der Waals surface area contributed by atoms with Gasteiger partial charge < -0.3 is 14.9 Å². The third-order valence-corrected chi connectivity index (χ3v) is 11.3. The standard InChI is InChI=1S/C32H60N2O2/c1-27(2,3)32(11)23-31(32,10)22-29(6,7)24-21-25(35)34(26(24)36)30(8,9)16-14-15-28(4,5)17-20-33-18-12-13-19-33/h24-25,35H,12-23H2,1-11H3. The highest BCUT2D eigenvalue weighted by Crippen LogP contribution is 2.75. The molecular weight excluding hydrogens is 444 g/mol. The Morgan fingerprint density at radius 2 is 1.50 bits per heavy atom. The first-order valence-corrected chi connectivity index (χ1v) is 15.0. The maximum Gasteiger partial charge on any atom is 0.228 e. The Labute approximate surface area is 224 Å². The van der Waals surface area contributed by atoms with Crippen molar-refractivity contribution >= 4 is 5.91 Å². The Balaban J connectivity index is 1.58. The Bertz CT molecular complexity index is 788. The highest BCUT2D eigenvalue weighted by Gasteiger charge is 2.67. The maximum absolute atomic E-state index is 13.8. The second-order valence-electron chi connectivity index (χ2n) is 16.6. The van der Waals surface area contributed by atoms with Gasteiger partial charge in [-0.05, 0) is 106 Å². The second kappa shape index (κ2) is 9.85. The van der Waals surface area contributed by atoms with Gasteiger partial charge in [-0.1, -0.05) is 68.7 Å². The molecule has 2 heterocycles.